The highest BCUT2D eigenvalue weighted by Gasteiger charge is 2.38. The third-order valence-electron chi connectivity index (χ3n) is 3.01. The number of aryl methyl sites for hydroxylation is 1. The summed E-state index contributed by atoms with van der Waals surface area (Å²) < 4.78 is 52.4. The molecule has 6 heteroatoms. The zero-order valence-corrected chi connectivity index (χ0v) is 11.9. The Morgan fingerprint density at radius 1 is 1.05 bits per heavy atom. The van der Waals surface area contributed by atoms with Gasteiger partial charge in [-0.05, 0) is 31.2 Å². The van der Waals surface area contributed by atoms with Gasteiger partial charge < -0.3 is 0 Å². The van der Waals surface area contributed by atoms with Crippen molar-refractivity contribution < 1.29 is 17.2 Å². The highest BCUT2D eigenvalue weighted by Crippen LogP contribution is 2.33. The number of halogens is 2. The standard InChI is InChI=1S/C15H11F2NO2S/c1-10-6-8-11(9-7-10)21(19,20)15(18-2)14-12(16)4-3-5-13(14)17/h3-9,15H,1H3/t15-/m0/s1. The molecule has 0 aliphatic carbocycles. The molecule has 2 aromatic rings. The highest BCUT2D eigenvalue weighted by molar-refractivity contribution is 7.91. The molecule has 0 aliphatic heterocycles. The van der Waals surface area contributed by atoms with Gasteiger partial charge in [0.1, 0.15) is 17.2 Å². The number of nitrogens with zero attached hydrogens (tertiary/aromatic N) is 1. The SMILES string of the molecule is [C-]#[N+][C@H](c1c(F)cccc1F)S(=O)(=O)c1ccc(C)cc1. The normalized spacial score (nSPS) is 12.7. The summed E-state index contributed by atoms with van der Waals surface area (Å²) in [4.78, 5) is 2.79. The molecule has 0 aliphatic rings. The van der Waals surface area contributed by atoms with E-state index in [0.29, 0.717) is 0 Å². The molecule has 0 heterocycles. The summed E-state index contributed by atoms with van der Waals surface area (Å²) in [6, 6.07) is 8.75. The molecule has 21 heavy (non-hydrogen) atoms. The van der Waals surface area contributed by atoms with E-state index in [1.807, 2.05) is 0 Å². The van der Waals surface area contributed by atoms with Crippen molar-refractivity contribution in [1.82, 2.24) is 0 Å². The second kappa shape index (κ2) is 5.62. The van der Waals surface area contributed by atoms with Crippen LogP contribution in [0.15, 0.2) is 47.4 Å². The lowest BCUT2D eigenvalue weighted by atomic mass is 10.2. The molecule has 0 saturated carbocycles. The summed E-state index contributed by atoms with van der Waals surface area (Å²) in [5.74, 6) is -2.10. The van der Waals surface area contributed by atoms with Crippen LogP contribution in [0.4, 0.5) is 8.78 Å². The molecule has 0 bridgehead atoms. The van der Waals surface area contributed by atoms with E-state index in [1.54, 1.807) is 19.1 Å². The second-order valence-electron chi connectivity index (χ2n) is 4.47. The Morgan fingerprint density at radius 2 is 1.57 bits per heavy atom. The van der Waals surface area contributed by atoms with E-state index < -0.39 is 32.4 Å². The van der Waals surface area contributed by atoms with Gasteiger partial charge in [-0.1, -0.05) is 23.8 Å². The zero-order valence-electron chi connectivity index (χ0n) is 11.0. The Hall–Kier alpha value is -2.26. The van der Waals surface area contributed by atoms with E-state index in [-0.39, 0.29) is 4.90 Å². The minimum Gasteiger partial charge on any atom is -0.291 e. The first-order chi connectivity index (χ1) is 9.87. The highest BCUT2D eigenvalue weighted by atomic mass is 32.2. The number of hydrogen-bond donors (Lipinski definition) is 0. The quantitative estimate of drug-likeness (QED) is 0.812. The van der Waals surface area contributed by atoms with Crippen LogP contribution in [0, 0.1) is 25.1 Å². The summed E-state index contributed by atoms with van der Waals surface area (Å²) in [5, 5.41) is -1.94. The van der Waals surface area contributed by atoms with Crippen LogP contribution < -0.4 is 0 Å². The van der Waals surface area contributed by atoms with Crippen molar-refractivity contribution in [1.29, 1.82) is 0 Å². The molecule has 0 fully saturated rings. The van der Waals surface area contributed by atoms with Crippen LogP contribution in [-0.2, 0) is 9.84 Å². The van der Waals surface area contributed by atoms with Gasteiger partial charge in [0.2, 0.25) is 0 Å². The fraction of sp³-hybridized carbons (Fsp3) is 0.133. The van der Waals surface area contributed by atoms with Gasteiger partial charge in [0.15, 0.2) is 0 Å². The monoisotopic (exact) mass is 307 g/mol. The van der Waals surface area contributed by atoms with Gasteiger partial charge in [0.25, 0.3) is 9.84 Å². The maximum Gasteiger partial charge on any atom is 0.355 e. The third kappa shape index (κ3) is 2.78. The van der Waals surface area contributed by atoms with Gasteiger partial charge in [-0.2, -0.15) is 0 Å². The largest absolute Gasteiger partial charge is 0.355 e. The molecule has 0 radical (unpaired) electrons. The fourth-order valence-corrected chi connectivity index (χ4v) is 3.34. The lowest BCUT2D eigenvalue weighted by Gasteiger charge is -2.10. The molecule has 1 atom stereocenters. The Morgan fingerprint density at radius 3 is 2.05 bits per heavy atom. The van der Waals surface area contributed by atoms with Crippen LogP contribution in [0.5, 0.6) is 0 Å². The van der Waals surface area contributed by atoms with Gasteiger partial charge >= 0.3 is 5.37 Å². The van der Waals surface area contributed by atoms with Gasteiger partial charge in [-0.15, -0.1) is 0 Å². The molecule has 0 N–H and O–H groups in total. The molecular formula is C15H11F2NO2S. The lowest BCUT2D eigenvalue weighted by molar-refractivity contribution is 0.547. The Labute approximate surface area is 121 Å². The van der Waals surface area contributed by atoms with Gasteiger partial charge in [0, 0.05) is 0 Å². The zero-order chi connectivity index (χ0) is 15.6. The lowest BCUT2D eigenvalue weighted by Crippen LogP contribution is -2.14. The topological polar surface area (TPSA) is 38.5 Å². The summed E-state index contributed by atoms with van der Waals surface area (Å²) in [7, 11) is -4.20. The average molecular weight is 307 g/mol. The van der Waals surface area contributed by atoms with Crippen LogP contribution in [0.3, 0.4) is 0 Å². The molecule has 0 aromatic heterocycles. The van der Waals surface area contributed by atoms with E-state index in [0.717, 1.165) is 23.8 Å². The predicted octanol–water partition coefficient (Wildman–Crippen LogP) is 3.67. The van der Waals surface area contributed by atoms with Crippen molar-refractivity contribution in [3.63, 3.8) is 0 Å². The number of rotatable bonds is 3. The Balaban J connectivity index is 2.61. The predicted molar refractivity (Wildman–Crippen MR) is 74.1 cm³/mol. The Kier molecular flexibility index (Phi) is 4.05. The van der Waals surface area contributed by atoms with E-state index >= 15 is 0 Å². The van der Waals surface area contributed by atoms with Crippen molar-refractivity contribution in [3.8, 4) is 0 Å². The van der Waals surface area contributed by atoms with Crippen LogP contribution in [0.25, 0.3) is 4.85 Å². The van der Waals surface area contributed by atoms with E-state index in [4.69, 9.17) is 6.57 Å². The number of benzene rings is 2. The van der Waals surface area contributed by atoms with Gasteiger partial charge in [0.05, 0.1) is 4.90 Å². The maximum absolute atomic E-state index is 13.7. The molecule has 0 saturated heterocycles. The summed E-state index contributed by atoms with van der Waals surface area (Å²) in [6.07, 6.45) is 0. The summed E-state index contributed by atoms with van der Waals surface area (Å²) in [6.45, 7) is 8.83. The van der Waals surface area contributed by atoms with E-state index in [9.17, 15) is 17.2 Å². The molecule has 0 spiro atoms. The minimum absolute atomic E-state index is 0.142. The molecule has 0 unspecified atom stereocenters. The first-order valence-corrected chi connectivity index (χ1v) is 7.53. The molecule has 0 amide bonds. The van der Waals surface area contributed by atoms with E-state index in [1.165, 1.54) is 12.1 Å². The van der Waals surface area contributed by atoms with Crippen LogP contribution in [0.2, 0.25) is 0 Å². The molecule has 2 aromatic carbocycles. The maximum atomic E-state index is 13.7. The van der Waals surface area contributed by atoms with Crippen molar-refractivity contribution >= 4 is 9.84 Å². The fourth-order valence-electron chi connectivity index (χ4n) is 1.89. The first-order valence-electron chi connectivity index (χ1n) is 5.99. The van der Waals surface area contributed by atoms with Crippen molar-refractivity contribution in [2.75, 3.05) is 0 Å². The van der Waals surface area contributed by atoms with Crippen molar-refractivity contribution in [2.24, 2.45) is 0 Å². The average Bonchev–Trinajstić information content (AvgIpc) is 2.43. The molecule has 3 nitrogen and oxygen atoms in total. The van der Waals surface area contributed by atoms with Crippen LogP contribution >= 0.6 is 0 Å². The summed E-state index contributed by atoms with van der Waals surface area (Å²) in [5.41, 5.74) is 0.0958. The Bertz CT molecular complexity index is 788. The van der Waals surface area contributed by atoms with Crippen molar-refractivity contribution in [3.05, 3.63) is 76.6 Å². The smallest absolute Gasteiger partial charge is 0.291 e. The third-order valence-corrected chi connectivity index (χ3v) is 4.87. The van der Waals surface area contributed by atoms with E-state index in [2.05, 4.69) is 4.85 Å². The van der Waals surface area contributed by atoms with Crippen LogP contribution in [0.1, 0.15) is 16.5 Å². The second-order valence-corrected chi connectivity index (χ2v) is 6.48. The molecule has 108 valence electrons. The number of sulfone groups is 1. The van der Waals surface area contributed by atoms with Gasteiger partial charge in [-0.25, -0.2) is 23.8 Å². The van der Waals surface area contributed by atoms with Gasteiger partial charge in [-0.3, -0.25) is 4.85 Å². The molecular weight excluding hydrogens is 296 g/mol. The first kappa shape index (κ1) is 15.1. The summed E-state index contributed by atoms with van der Waals surface area (Å²) >= 11 is 0. The number of hydrogen-bond acceptors (Lipinski definition) is 2. The minimum atomic E-state index is -4.20. The molecule has 2 rings (SSSR count). The van der Waals surface area contributed by atoms with Crippen LogP contribution in [-0.4, -0.2) is 8.42 Å². The van der Waals surface area contributed by atoms with Crippen molar-refractivity contribution in [2.45, 2.75) is 17.2 Å².